The third-order valence-electron chi connectivity index (χ3n) is 5.30. The molecular formula is C25H28N2O7S. The molecule has 0 atom stereocenters. The van der Waals surface area contributed by atoms with Crippen molar-refractivity contribution in [2.75, 3.05) is 48.6 Å². The summed E-state index contributed by atoms with van der Waals surface area (Å²) in [6, 6.07) is 9.42. The maximum Gasteiger partial charge on any atom is 0.319 e. The maximum absolute atomic E-state index is 12.5. The van der Waals surface area contributed by atoms with Crippen molar-refractivity contribution >= 4 is 23.3 Å². The molecule has 0 aliphatic rings. The van der Waals surface area contributed by atoms with E-state index >= 15 is 0 Å². The van der Waals surface area contributed by atoms with Crippen LogP contribution in [0, 0.1) is 0 Å². The van der Waals surface area contributed by atoms with Crippen molar-refractivity contribution in [3.8, 4) is 44.6 Å². The van der Waals surface area contributed by atoms with Crippen molar-refractivity contribution in [1.82, 2.24) is 9.69 Å². The standard InChI is InChI=1S/C25H28N2O7S/c1-30-20-7-6-15(8-16(20)9-18(28)12-26-14-23(29)33-4)19-13-27-35-25(19)17-10-21(31-2)24(34-5)22(11-17)32-3/h6-8,10-11,13,26H,9,12,14H2,1-5H3. The van der Waals surface area contributed by atoms with Gasteiger partial charge >= 0.3 is 5.97 Å². The summed E-state index contributed by atoms with van der Waals surface area (Å²) in [5, 5.41) is 2.79. The summed E-state index contributed by atoms with van der Waals surface area (Å²) < 4.78 is 30.9. The predicted octanol–water partition coefficient (Wildman–Crippen LogP) is 3.39. The topological polar surface area (TPSA) is 105 Å². The van der Waals surface area contributed by atoms with E-state index in [2.05, 4.69) is 14.4 Å². The number of esters is 1. The van der Waals surface area contributed by atoms with E-state index < -0.39 is 5.97 Å². The van der Waals surface area contributed by atoms with E-state index in [0.29, 0.717) is 23.0 Å². The second-order valence-electron chi connectivity index (χ2n) is 7.40. The monoisotopic (exact) mass is 500 g/mol. The van der Waals surface area contributed by atoms with Crippen molar-refractivity contribution in [2.45, 2.75) is 6.42 Å². The molecule has 1 N–H and O–H groups in total. The lowest BCUT2D eigenvalue weighted by molar-refractivity contribution is -0.139. The van der Waals surface area contributed by atoms with Gasteiger partial charge in [-0.1, -0.05) is 6.07 Å². The highest BCUT2D eigenvalue weighted by molar-refractivity contribution is 7.10. The fourth-order valence-electron chi connectivity index (χ4n) is 3.60. The molecule has 9 nitrogen and oxygen atoms in total. The summed E-state index contributed by atoms with van der Waals surface area (Å²) in [6.07, 6.45) is 1.93. The van der Waals surface area contributed by atoms with Gasteiger partial charge in [-0.2, -0.15) is 4.37 Å². The van der Waals surface area contributed by atoms with Crippen LogP contribution in [0.5, 0.6) is 23.0 Å². The lowest BCUT2D eigenvalue weighted by atomic mass is 9.98. The van der Waals surface area contributed by atoms with Crippen LogP contribution in [-0.4, -0.2) is 64.8 Å². The van der Waals surface area contributed by atoms with Crippen LogP contribution in [0.4, 0.5) is 0 Å². The minimum atomic E-state index is -0.429. The number of benzene rings is 2. The number of rotatable bonds is 12. The van der Waals surface area contributed by atoms with Gasteiger partial charge < -0.3 is 29.0 Å². The molecule has 0 saturated heterocycles. The maximum atomic E-state index is 12.5. The first-order valence-corrected chi connectivity index (χ1v) is 11.4. The molecule has 0 bridgehead atoms. The van der Waals surface area contributed by atoms with E-state index in [1.807, 2.05) is 30.3 Å². The zero-order valence-electron chi connectivity index (χ0n) is 20.3. The minimum absolute atomic E-state index is 0.0296. The molecule has 10 heteroatoms. The number of ketones is 1. The van der Waals surface area contributed by atoms with Crippen molar-refractivity contribution in [3.63, 3.8) is 0 Å². The Balaban J connectivity index is 1.92. The van der Waals surface area contributed by atoms with Gasteiger partial charge in [0, 0.05) is 29.3 Å². The molecular weight excluding hydrogens is 472 g/mol. The number of ether oxygens (including phenoxy) is 5. The molecule has 0 unspecified atom stereocenters. The Morgan fingerprint density at radius 2 is 1.54 bits per heavy atom. The summed E-state index contributed by atoms with van der Waals surface area (Å²) in [5.41, 5.74) is 3.37. The Hall–Kier alpha value is -3.63. The molecule has 35 heavy (non-hydrogen) atoms. The largest absolute Gasteiger partial charge is 0.496 e. The van der Waals surface area contributed by atoms with Gasteiger partial charge in [-0.05, 0) is 41.4 Å². The van der Waals surface area contributed by atoms with E-state index in [0.717, 1.165) is 27.1 Å². The Kier molecular flexibility index (Phi) is 9.04. The minimum Gasteiger partial charge on any atom is -0.496 e. The number of carbonyl (C=O) groups excluding carboxylic acids is 2. The van der Waals surface area contributed by atoms with Crippen LogP contribution in [0.2, 0.25) is 0 Å². The Morgan fingerprint density at radius 3 is 2.14 bits per heavy atom. The molecule has 0 aliphatic heterocycles. The predicted molar refractivity (Wildman–Crippen MR) is 133 cm³/mol. The zero-order valence-corrected chi connectivity index (χ0v) is 21.1. The number of hydrogen-bond acceptors (Lipinski definition) is 10. The fourth-order valence-corrected chi connectivity index (χ4v) is 4.36. The fraction of sp³-hybridized carbons (Fsp3) is 0.320. The first-order valence-electron chi connectivity index (χ1n) is 10.7. The molecule has 0 fully saturated rings. The quantitative estimate of drug-likeness (QED) is 0.375. The van der Waals surface area contributed by atoms with Crippen LogP contribution >= 0.6 is 11.5 Å². The Bertz CT molecular complexity index is 1170. The van der Waals surface area contributed by atoms with Gasteiger partial charge in [-0.3, -0.25) is 9.59 Å². The van der Waals surface area contributed by atoms with E-state index in [-0.39, 0.29) is 25.3 Å². The number of methoxy groups -OCH3 is 5. The highest BCUT2D eigenvalue weighted by Crippen LogP contribution is 2.44. The van der Waals surface area contributed by atoms with Crippen molar-refractivity contribution < 1.29 is 33.3 Å². The van der Waals surface area contributed by atoms with Crippen molar-refractivity contribution in [1.29, 1.82) is 0 Å². The van der Waals surface area contributed by atoms with Crippen molar-refractivity contribution in [3.05, 3.63) is 42.1 Å². The van der Waals surface area contributed by atoms with Gasteiger partial charge in [0.15, 0.2) is 17.3 Å². The van der Waals surface area contributed by atoms with E-state index in [1.54, 1.807) is 34.6 Å². The van der Waals surface area contributed by atoms with Crippen LogP contribution in [-0.2, 0) is 20.7 Å². The van der Waals surface area contributed by atoms with E-state index in [9.17, 15) is 9.59 Å². The summed E-state index contributed by atoms with van der Waals surface area (Å²) in [6.45, 7) is 0.0112. The first-order chi connectivity index (χ1) is 16.9. The number of hydrogen-bond donors (Lipinski definition) is 1. The molecule has 0 radical (unpaired) electrons. The lowest BCUT2D eigenvalue weighted by Gasteiger charge is -2.15. The third-order valence-corrected chi connectivity index (χ3v) is 6.14. The molecule has 0 spiro atoms. The summed E-state index contributed by atoms with van der Waals surface area (Å²) in [4.78, 5) is 24.7. The number of Topliss-reactive ketones (excluding diaryl/α,β-unsaturated/α-hetero) is 1. The third kappa shape index (κ3) is 6.09. The van der Waals surface area contributed by atoms with Gasteiger partial charge in [0.2, 0.25) is 5.75 Å². The molecule has 186 valence electrons. The second-order valence-corrected chi connectivity index (χ2v) is 8.21. The van der Waals surface area contributed by atoms with Gasteiger partial charge in [-0.25, -0.2) is 0 Å². The van der Waals surface area contributed by atoms with Gasteiger partial charge in [-0.15, -0.1) is 0 Å². The summed E-state index contributed by atoms with van der Waals surface area (Å²) in [7, 11) is 7.56. The summed E-state index contributed by atoms with van der Waals surface area (Å²) in [5.74, 6) is 1.69. The van der Waals surface area contributed by atoms with Crippen LogP contribution in [0.15, 0.2) is 36.5 Å². The molecule has 0 amide bonds. The molecule has 1 aromatic heterocycles. The van der Waals surface area contributed by atoms with Crippen LogP contribution < -0.4 is 24.3 Å². The van der Waals surface area contributed by atoms with Crippen LogP contribution in [0.3, 0.4) is 0 Å². The highest BCUT2D eigenvalue weighted by Gasteiger charge is 2.19. The van der Waals surface area contributed by atoms with Gasteiger partial charge in [0.05, 0.1) is 53.5 Å². The molecule has 0 aliphatic carbocycles. The normalized spacial score (nSPS) is 10.5. The van der Waals surface area contributed by atoms with E-state index in [4.69, 9.17) is 18.9 Å². The molecule has 0 saturated carbocycles. The Labute approximate surface area is 208 Å². The number of nitrogens with zero attached hydrogens (tertiary/aromatic N) is 1. The molecule has 2 aromatic carbocycles. The first kappa shape index (κ1) is 26.0. The van der Waals surface area contributed by atoms with Gasteiger partial charge in [0.1, 0.15) is 5.75 Å². The Morgan fingerprint density at radius 1 is 0.857 bits per heavy atom. The molecule has 3 rings (SSSR count). The smallest absolute Gasteiger partial charge is 0.319 e. The number of nitrogens with one attached hydrogen (secondary N) is 1. The average Bonchev–Trinajstić information content (AvgIpc) is 3.37. The van der Waals surface area contributed by atoms with Crippen LogP contribution in [0.1, 0.15) is 5.56 Å². The lowest BCUT2D eigenvalue weighted by Crippen LogP contribution is -2.30. The van der Waals surface area contributed by atoms with Crippen LogP contribution in [0.25, 0.3) is 21.6 Å². The van der Waals surface area contributed by atoms with Gasteiger partial charge in [0.25, 0.3) is 0 Å². The number of aromatic nitrogens is 1. The van der Waals surface area contributed by atoms with E-state index in [1.165, 1.54) is 18.6 Å². The molecule has 3 aromatic rings. The second kappa shape index (κ2) is 12.2. The summed E-state index contributed by atoms with van der Waals surface area (Å²) >= 11 is 1.34. The average molecular weight is 501 g/mol. The van der Waals surface area contributed by atoms with Crippen molar-refractivity contribution in [2.24, 2.45) is 0 Å². The highest BCUT2D eigenvalue weighted by atomic mass is 32.1. The zero-order chi connectivity index (χ0) is 25.4. The number of carbonyl (C=O) groups is 2. The molecule has 1 heterocycles. The SMILES string of the molecule is COC(=O)CNCC(=O)Cc1cc(-c2cnsc2-c2cc(OC)c(OC)c(OC)c2)ccc1OC.